The minimum Gasteiger partial charge on any atom is -0.208 e. The van der Waals surface area contributed by atoms with E-state index < -0.39 is 0 Å². The third-order valence-electron chi connectivity index (χ3n) is 12.8. The summed E-state index contributed by atoms with van der Waals surface area (Å²) in [5, 5.41) is 17.8. The van der Waals surface area contributed by atoms with Gasteiger partial charge in [-0.3, -0.25) is 0 Å². The normalized spacial score (nSPS) is 11.9. The Morgan fingerprint density at radius 1 is 0.194 bits per heavy atom. The molecule has 0 aliphatic heterocycles. The Bertz CT molecular complexity index is 3900. The lowest BCUT2D eigenvalue weighted by Crippen LogP contribution is -2.00. The quantitative estimate of drug-likeness (QED) is 0.163. The molecule has 286 valence electrons. The monoisotopic (exact) mass is 785 g/mol. The lowest BCUT2D eigenvalue weighted by Gasteiger charge is -2.17. The topological polar surface area (TPSA) is 38.7 Å². The van der Waals surface area contributed by atoms with E-state index in [2.05, 4.69) is 182 Å². The number of aromatic nitrogens is 3. The summed E-state index contributed by atoms with van der Waals surface area (Å²) in [5.41, 5.74) is 7.49. The van der Waals surface area contributed by atoms with Gasteiger partial charge in [0, 0.05) is 16.7 Å². The van der Waals surface area contributed by atoms with E-state index in [-0.39, 0.29) is 0 Å². The van der Waals surface area contributed by atoms with Crippen LogP contribution in [0.2, 0.25) is 0 Å². The first kappa shape index (κ1) is 34.6. The highest BCUT2D eigenvalue weighted by atomic mass is 15.0. The van der Waals surface area contributed by atoms with E-state index in [9.17, 15) is 0 Å². The second kappa shape index (κ2) is 13.6. The number of rotatable bonds is 5. The first-order chi connectivity index (χ1) is 30.7. The van der Waals surface area contributed by atoms with Crippen molar-refractivity contribution >= 4 is 75.4 Å². The van der Waals surface area contributed by atoms with Crippen LogP contribution in [0.1, 0.15) is 0 Å². The van der Waals surface area contributed by atoms with E-state index in [1.807, 2.05) is 30.3 Å². The summed E-state index contributed by atoms with van der Waals surface area (Å²) in [6.45, 7) is 0. The Morgan fingerprint density at radius 3 is 1.24 bits per heavy atom. The zero-order valence-electron chi connectivity index (χ0n) is 33.5. The molecule has 0 aliphatic carbocycles. The van der Waals surface area contributed by atoms with Crippen molar-refractivity contribution in [2.24, 2.45) is 0 Å². The van der Waals surface area contributed by atoms with Crippen LogP contribution in [0, 0.1) is 0 Å². The van der Waals surface area contributed by atoms with Crippen molar-refractivity contribution in [1.82, 2.24) is 15.0 Å². The van der Waals surface area contributed by atoms with Crippen molar-refractivity contribution in [2.75, 3.05) is 0 Å². The SMILES string of the molecule is c1ccc(-c2nc(-c3ccc(-c4cccc(-c5cc6ccc7cccc8c9cccc%10ccc%11cccc(c(c5)c6c78)c%11c%109)c4)cc3)nc(-c3ccc4ccccc4c3)n2)cc1. The first-order valence-electron chi connectivity index (χ1n) is 21.2. The molecule has 0 N–H and O–H groups in total. The third-order valence-corrected chi connectivity index (χ3v) is 12.8. The molecule has 0 saturated carbocycles. The molecule has 0 atom stereocenters. The van der Waals surface area contributed by atoms with E-state index in [0.717, 1.165) is 33.2 Å². The molecule has 0 unspecified atom stereocenters. The second-order valence-corrected chi connectivity index (χ2v) is 16.4. The Balaban J connectivity index is 0.943. The summed E-state index contributed by atoms with van der Waals surface area (Å²) < 4.78 is 0. The maximum absolute atomic E-state index is 5.06. The van der Waals surface area contributed by atoms with Gasteiger partial charge in [0.05, 0.1) is 0 Å². The number of hydrogen-bond acceptors (Lipinski definition) is 3. The minimum atomic E-state index is 0.642. The van der Waals surface area contributed by atoms with Gasteiger partial charge in [0.2, 0.25) is 0 Å². The Hall–Kier alpha value is -8.27. The van der Waals surface area contributed by atoms with Gasteiger partial charge < -0.3 is 0 Å². The van der Waals surface area contributed by atoms with Crippen LogP contribution in [0.4, 0.5) is 0 Å². The number of hydrogen-bond donors (Lipinski definition) is 0. The van der Waals surface area contributed by atoms with Crippen LogP contribution in [-0.4, -0.2) is 15.0 Å². The van der Waals surface area contributed by atoms with Crippen LogP contribution in [-0.2, 0) is 0 Å². The van der Waals surface area contributed by atoms with Gasteiger partial charge in [-0.15, -0.1) is 0 Å². The molecule has 0 amide bonds. The maximum Gasteiger partial charge on any atom is 0.164 e. The van der Waals surface area contributed by atoms with Gasteiger partial charge in [0.25, 0.3) is 0 Å². The summed E-state index contributed by atoms with van der Waals surface area (Å²) in [5.74, 6) is 1.94. The van der Waals surface area contributed by atoms with E-state index in [1.54, 1.807) is 0 Å². The predicted molar refractivity (Wildman–Crippen MR) is 261 cm³/mol. The summed E-state index contributed by atoms with van der Waals surface area (Å²) in [7, 11) is 0. The molecule has 1 heterocycles. The van der Waals surface area contributed by atoms with Gasteiger partial charge in [-0.1, -0.05) is 188 Å². The van der Waals surface area contributed by atoms with Gasteiger partial charge >= 0.3 is 0 Å². The molecule has 0 fully saturated rings. The highest BCUT2D eigenvalue weighted by Crippen LogP contribution is 2.44. The van der Waals surface area contributed by atoms with E-state index in [1.165, 1.54) is 81.1 Å². The second-order valence-electron chi connectivity index (χ2n) is 16.4. The maximum atomic E-state index is 5.06. The fourth-order valence-corrected chi connectivity index (χ4v) is 9.82. The molecule has 12 aromatic carbocycles. The van der Waals surface area contributed by atoms with Crippen molar-refractivity contribution < 1.29 is 0 Å². The van der Waals surface area contributed by atoms with Crippen molar-refractivity contribution in [2.45, 2.75) is 0 Å². The van der Waals surface area contributed by atoms with Gasteiger partial charge in [0.1, 0.15) is 0 Å². The van der Waals surface area contributed by atoms with Crippen LogP contribution in [0.5, 0.6) is 0 Å². The summed E-state index contributed by atoms with van der Waals surface area (Å²) in [6.07, 6.45) is 0. The van der Waals surface area contributed by atoms with E-state index in [0.29, 0.717) is 17.5 Å². The smallest absolute Gasteiger partial charge is 0.164 e. The standard InChI is InChI=1S/C59H35N3/c1-2-11-41(12-3-1)57-60-58(62-59(61-57)47-31-24-36-10-4-5-13-43(36)33-47)42-28-22-37(23-29-42)44-17-6-18-45(32-44)48-34-46-30-27-40-15-8-20-50-49-19-7-14-38-25-26-39-16-9-21-51(55(39)53(38)49)52(35-48)56(46)54(40)50/h1-35H. The third kappa shape index (κ3) is 5.49. The Kier molecular flexibility index (Phi) is 7.60. The Morgan fingerprint density at radius 2 is 0.597 bits per heavy atom. The highest BCUT2D eigenvalue weighted by Gasteiger charge is 2.17. The van der Waals surface area contributed by atoms with Crippen molar-refractivity contribution in [3.63, 3.8) is 0 Å². The van der Waals surface area contributed by atoms with Gasteiger partial charge in [0.15, 0.2) is 17.5 Å². The molecule has 13 aromatic rings. The molecule has 0 aliphatic rings. The van der Waals surface area contributed by atoms with Crippen LogP contribution in [0.25, 0.3) is 132 Å². The van der Waals surface area contributed by atoms with Gasteiger partial charge in [-0.2, -0.15) is 0 Å². The molecule has 1 aromatic heterocycles. The van der Waals surface area contributed by atoms with Crippen LogP contribution in [0.15, 0.2) is 212 Å². The molecule has 0 radical (unpaired) electrons. The molecule has 3 heteroatoms. The number of nitrogens with zero attached hydrogens (tertiary/aromatic N) is 3. The zero-order chi connectivity index (χ0) is 40.7. The fraction of sp³-hybridized carbons (Fsp3) is 0. The molecule has 0 bridgehead atoms. The molecule has 0 saturated heterocycles. The average molecular weight is 786 g/mol. The average Bonchev–Trinajstić information content (AvgIpc) is 3.35. The van der Waals surface area contributed by atoms with Gasteiger partial charge in [-0.25, -0.2) is 15.0 Å². The lowest BCUT2D eigenvalue weighted by atomic mass is 9.86. The first-order valence-corrected chi connectivity index (χ1v) is 21.2. The summed E-state index contributed by atoms with van der Waals surface area (Å²) in [6, 6.07) is 76.8. The molecule has 13 rings (SSSR count). The summed E-state index contributed by atoms with van der Waals surface area (Å²) in [4.78, 5) is 15.0. The molecular weight excluding hydrogens is 751 g/mol. The van der Waals surface area contributed by atoms with Crippen LogP contribution in [0.3, 0.4) is 0 Å². The van der Waals surface area contributed by atoms with Crippen LogP contribution < -0.4 is 0 Å². The van der Waals surface area contributed by atoms with E-state index >= 15 is 0 Å². The number of fused-ring (bicyclic) bond motifs is 3. The largest absolute Gasteiger partial charge is 0.208 e. The zero-order valence-corrected chi connectivity index (χ0v) is 33.5. The highest BCUT2D eigenvalue weighted by molar-refractivity contribution is 6.37. The number of benzene rings is 11. The molecule has 0 spiro atoms. The van der Waals surface area contributed by atoms with Crippen molar-refractivity contribution in [1.29, 1.82) is 0 Å². The molecule has 3 nitrogen and oxygen atoms in total. The van der Waals surface area contributed by atoms with Gasteiger partial charge in [-0.05, 0) is 122 Å². The lowest BCUT2D eigenvalue weighted by molar-refractivity contribution is 1.07. The Labute approximate surface area is 357 Å². The molecular formula is C59H35N3. The van der Waals surface area contributed by atoms with E-state index in [4.69, 9.17) is 15.0 Å². The van der Waals surface area contributed by atoms with Crippen molar-refractivity contribution in [3.05, 3.63) is 212 Å². The van der Waals surface area contributed by atoms with Crippen LogP contribution >= 0.6 is 0 Å². The molecule has 62 heavy (non-hydrogen) atoms. The van der Waals surface area contributed by atoms with Crippen molar-refractivity contribution in [3.8, 4) is 56.4 Å². The fourth-order valence-electron chi connectivity index (χ4n) is 9.82. The minimum absolute atomic E-state index is 0.642. The summed E-state index contributed by atoms with van der Waals surface area (Å²) >= 11 is 0. The predicted octanol–water partition coefficient (Wildman–Crippen LogP) is 15.7.